The fourth-order valence-electron chi connectivity index (χ4n) is 3.94. The van der Waals surface area contributed by atoms with Gasteiger partial charge in [0, 0.05) is 15.1 Å². The monoisotopic (exact) mass is 490 g/mol. The molecule has 4 aromatic rings. The normalized spacial score (nSPS) is 11.0. The molecule has 0 aliphatic heterocycles. The molecule has 0 saturated carbocycles. The molecule has 35 heavy (non-hydrogen) atoms. The van der Waals surface area contributed by atoms with E-state index >= 15 is 0 Å². The van der Waals surface area contributed by atoms with E-state index in [1.165, 1.54) is 32.1 Å². The lowest BCUT2D eigenvalue weighted by Crippen LogP contribution is -2.03. The standard InChI is InChI=1S/C28H26O6S/c1-30-22-13-11-19(27(33-4)28(22)34-5)21(29)12-10-17-14-20(26(32-3)23(15-17)31-2)25-16-18-8-6-7-9-24(18)35-25/h6-16H,1-5H3/b12-10+. The number of hydrogen-bond acceptors (Lipinski definition) is 7. The highest BCUT2D eigenvalue weighted by molar-refractivity contribution is 7.22. The maximum Gasteiger partial charge on any atom is 0.204 e. The second kappa shape index (κ2) is 10.5. The van der Waals surface area contributed by atoms with Crippen LogP contribution < -0.4 is 23.7 Å². The molecule has 0 amide bonds. The summed E-state index contributed by atoms with van der Waals surface area (Å²) < 4.78 is 28.7. The molecule has 0 unspecified atom stereocenters. The molecule has 0 aliphatic carbocycles. The van der Waals surface area contributed by atoms with Crippen LogP contribution in [-0.4, -0.2) is 41.3 Å². The van der Waals surface area contributed by atoms with Crippen molar-refractivity contribution in [1.29, 1.82) is 0 Å². The van der Waals surface area contributed by atoms with Gasteiger partial charge in [0.15, 0.2) is 28.8 Å². The molecule has 1 aromatic heterocycles. The van der Waals surface area contributed by atoms with E-state index in [-0.39, 0.29) is 5.78 Å². The van der Waals surface area contributed by atoms with Crippen LogP contribution in [0.1, 0.15) is 15.9 Å². The van der Waals surface area contributed by atoms with Gasteiger partial charge in [0.25, 0.3) is 0 Å². The molecule has 3 aromatic carbocycles. The van der Waals surface area contributed by atoms with E-state index in [0.717, 1.165) is 21.4 Å². The molecular weight excluding hydrogens is 464 g/mol. The number of hydrogen-bond donors (Lipinski definition) is 0. The number of benzene rings is 3. The van der Waals surface area contributed by atoms with Crippen molar-refractivity contribution in [2.24, 2.45) is 0 Å². The van der Waals surface area contributed by atoms with Gasteiger partial charge in [-0.05, 0) is 53.4 Å². The van der Waals surface area contributed by atoms with Crippen LogP contribution in [0.4, 0.5) is 0 Å². The van der Waals surface area contributed by atoms with E-state index in [1.54, 1.807) is 43.8 Å². The molecule has 6 nitrogen and oxygen atoms in total. The maximum atomic E-state index is 13.1. The summed E-state index contributed by atoms with van der Waals surface area (Å²) in [7, 11) is 7.74. The zero-order valence-electron chi connectivity index (χ0n) is 20.2. The van der Waals surface area contributed by atoms with Crippen LogP contribution in [-0.2, 0) is 0 Å². The Balaban J connectivity index is 1.75. The van der Waals surface area contributed by atoms with Gasteiger partial charge in [0.2, 0.25) is 5.75 Å². The summed E-state index contributed by atoms with van der Waals surface area (Å²) in [6.07, 6.45) is 3.25. The van der Waals surface area contributed by atoms with Crippen LogP contribution in [0.25, 0.3) is 26.6 Å². The second-order valence-electron chi connectivity index (χ2n) is 7.53. The Hall–Kier alpha value is -3.97. The van der Waals surface area contributed by atoms with Crippen LogP contribution in [0.5, 0.6) is 28.7 Å². The van der Waals surface area contributed by atoms with E-state index in [9.17, 15) is 4.79 Å². The van der Waals surface area contributed by atoms with Crippen molar-refractivity contribution < 1.29 is 28.5 Å². The van der Waals surface area contributed by atoms with Gasteiger partial charge in [0.1, 0.15) is 0 Å². The van der Waals surface area contributed by atoms with Crippen LogP contribution >= 0.6 is 11.3 Å². The smallest absolute Gasteiger partial charge is 0.204 e. The molecule has 0 fully saturated rings. The fourth-order valence-corrected chi connectivity index (χ4v) is 5.01. The number of carbonyl (C=O) groups is 1. The Kier molecular flexibility index (Phi) is 7.27. The number of ether oxygens (including phenoxy) is 5. The third-order valence-electron chi connectivity index (χ3n) is 5.59. The lowest BCUT2D eigenvalue weighted by atomic mass is 10.0. The van der Waals surface area contributed by atoms with Crippen LogP contribution in [0.3, 0.4) is 0 Å². The molecule has 4 rings (SSSR count). The zero-order valence-corrected chi connectivity index (χ0v) is 21.0. The average Bonchev–Trinajstić information content (AvgIpc) is 3.34. The van der Waals surface area contributed by atoms with E-state index in [4.69, 9.17) is 23.7 Å². The summed E-state index contributed by atoms with van der Waals surface area (Å²) in [5, 5.41) is 1.16. The van der Waals surface area contributed by atoms with Gasteiger partial charge in [-0.3, -0.25) is 4.79 Å². The zero-order chi connectivity index (χ0) is 24.9. The van der Waals surface area contributed by atoms with Crippen molar-refractivity contribution in [1.82, 2.24) is 0 Å². The third kappa shape index (κ3) is 4.68. The van der Waals surface area contributed by atoms with E-state index < -0.39 is 0 Å². The van der Waals surface area contributed by atoms with Crippen molar-refractivity contribution in [2.75, 3.05) is 35.5 Å². The molecule has 0 N–H and O–H groups in total. The first-order valence-corrected chi connectivity index (χ1v) is 11.6. The third-order valence-corrected chi connectivity index (χ3v) is 6.74. The Bertz CT molecular complexity index is 1370. The van der Waals surface area contributed by atoms with Gasteiger partial charge >= 0.3 is 0 Å². The Morgan fingerprint density at radius 3 is 2.11 bits per heavy atom. The highest BCUT2D eigenvalue weighted by Gasteiger charge is 2.20. The molecule has 0 spiro atoms. The second-order valence-corrected chi connectivity index (χ2v) is 8.62. The van der Waals surface area contributed by atoms with Crippen LogP contribution in [0, 0.1) is 0 Å². The van der Waals surface area contributed by atoms with E-state index in [0.29, 0.717) is 34.3 Å². The van der Waals surface area contributed by atoms with Crippen molar-refractivity contribution in [2.45, 2.75) is 0 Å². The van der Waals surface area contributed by atoms with Gasteiger partial charge in [-0.25, -0.2) is 0 Å². The molecule has 7 heteroatoms. The predicted octanol–water partition coefficient (Wildman–Crippen LogP) is 6.51. The summed E-state index contributed by atoms with van der Waals surface area (Å²) in [6, 6.07) is 17.5. The molecule has 0 saturated heterocycles. The Morgan fingerprint density at radius 1 is 0.743 bits per heavy atom. The van der Waals surface area contributed by atoms with Gasteiger partial charge in [-0.1, -0.05) is 24.3 Å². The highest BCUT2D eigenvalue weighted by Crippen LogP contribution is 2.44. The number of methoxy groups -OCH3 is 5. The molecule has 0 atom stereocenters. The number of allylic oxidation sites excluding steroid dienone is 1. The number of carbonyl (C=O) groups excluding carboxylic acids is 1. The molecule has 0 aliphatic rings. The first kappa shape index (κ1) is 24.2. The first-order chi connectivity index (χ1) is 17.0. The summed E-state index contributed by atoms with van der Waals surface area (Å²) in [4.78, 5) is 14.1. The highest BCUT2D eigenvalue weighted by atomic mass is 32.1. The number of fused-ring (bicyclic) bond motifs is 1. The van der Waals surface area contributed by atoms with Crippen molar-refractivity contribution in [3.8, 4) is 39.2 Å². The van der Waals surface area contributed by atoms with Crippen molar-refractivity contribution in [3.05, 3.63) is 71.8 Å². The minimum absolute atomic E-state index is 0.235. The van der Waals surface area contributed by atoms with Gasteiger partial charge < -0.3 is 23.7 Å². The minimum Gasteiger partial charge on any atom is -0.493 e. The van der Waals surface area contributed by atoms with Gasteiger partial charge in [-0.15, -0.1) is 11.3 Å². The number of rotatable bonds is 9. The topological polar surface area (TPSA) is 63.2 Å². The van der Waals surface area contributed by atoms with Crippen molar-refractivity contribution >= 4 is 33.3 Å². The minimum atomic E-state index is -0.235. The molecule has 0 radical (unpaired) electrons. The van der Waals surface area contributed by atoms with E-state index in [2.05, 4.69) is 18.2 Å². The maximum absolute atomic E-state index is 13.1. The summed E-state index contributed by atoms with van der Waals surface area (Å²) in [6.45, 7) is 0. The van der Waals surface area contributed by atoms with Crippen LogP contribution in [0.2, 0.25) is 0 Å². The quantitative estimate of drug-likeness (QED) is 0.197. The summed E-state index contributed by atoms with van der Waals surface area (Å²) >= 11 is 1.67. The summed E-state index contributed by atoms with van der Waals surface area (Å²) in [5.74, 6) is 2.16. The Labute approximate surface area is 208 Å². The largest absolute Gasteiger partial charge is 0.493 e. The van der Waals surface area contributed by atoms with Crippen molar-refractivity contribution in [3.63, 3.8) is 0 Å². The molecule has 1 heterocycles. The molecule has 0 bridgehead atoms. The fraction of sp³-hybridized carbons (Fsp3) is 0.179. The van der Waals surface area contributed by atoms with Gasteiger partial charge in [-0.2, -0.15) is 0 Å². The predicted molar refractivity (Wildman–Crippen MR) is 140 cm³/mol. The van der Waals surface area contributed by atoms with Gasteiger partial charge in [0.05, 0.1) is 41.1 Å². The SMILES string of the molecule is COc1cc(/C=C/C(=O)c2ccc(OC)c(OC)c2OC)cc(-c2cc3ccccc3s2)c1OC. The molecule has 180 valence electrons. The Morgan fingerprint density at radius 2 is 1.46 bits per heavy atom. The number of thiophene rings is 1. The molecular formula is C28H26O6S. The number of ketones is 1. The lowest BCUT2D eigenvalue weighted by molar-refractivity contribution is 0.104. The van der Waals surface area contributed by atoms with E-state index in [1.807, 2.05) is 24.3 Å². The average molecular weight is 491 g/mol. The summed E-state index contributed by atoms with van der Waals surface area (Å²) in [5.41, 5.74) is 2.05. The van der Waals surface area contributed by atoms with Crippen LogP contribution in [0.15, 0.2) is 60.7 Å². The first-order valence-electron chi connectivity index (χ1n) is 10.8. The lowest BCUT2D eigenvalue weighted by Gasteiger charge is -2.14.